The highest BCUT2D eigenvalue weighted by Gasteiger charge is 2.21. The lowest BCUT2D eigenvalue weighted by Crippen LogP contribution is -2.30. The maximum absolute atomic E-state index is 12.9. The zero-order valence-electron chi connectivity index (χ0n) is 16.3. The van der Waals surface area contributed by atoms with Crippen molar-refractivity contribution in [1.29, 1.82) is 0 Å². The fraction of sp³-hybridized carbons (Fsp3) is 0.217. The number of rotatable bonds is 5. The summed E-state index contributed by atoms with van der Waals surface area (Å²) in [5, 5.41) is 3.17. The van der Waals surface area contributed by atoms with E-state index in [0.717, 1.165) is 28.2 Å². The van der Waals surface area contributed by atoms with Gasteiger partial charge in [-0.25, -0.2) is 4.98 Å². The molecule has 4 aromatic rings. The first-order valence-electron chi connectivity index (χ1n) is 9.36. The molecule has 1 atom stereocenters. The molecule has 0 saturated heterocycles. The van der Waals surface area contributed by atoms with Gasteiger partial charge in [-0.1, -0.05) is 42.5 Å². The van der Waals surface area contributed by atoms with Crippen LogP contribution in [0.4, 0.5) is 0 Å². The Hall–Kier alpha value is -3.34. The van der Waals surface area contributed by atoms with Gasteiger partial charge in [-0.3, -0.25) is 4.79 Å². The summed E-state index contributed by atoms with van der Waals surface area (Å²) in [6.07, 6.45) is 0.594. The van der Waals surface area contributed by atoms with Crippen LogP contribution in [0.3, 0.4) is 0 Å². The molecule has 1 N–H and O–H groups in total. The third kappa shape index (κ3) is 3.43. The molecule has 0 fully saturated rings. The molecule has 0 aliphatic heterocycles. The van der Waals surface area contributed by atoms with E-state index in [2.05, 4.69) is 16.0 Å². The number of amides is 1. The minimum absolute atomic E-state index is 0.137. The molecule has 0 bridgehead atoms. The molecular formula is C23H23N3O2. The molecule has 142 valence electrons. The molecule has 0 unspecified atom stereocenters. The summed E-state index contributed by atoms with van der Waals surface area (Å²) in [5.41, 5.74) is 3.65. The third-order valence-corrected chi connectivity index (χ3v) is 5.06. The molecule has 5 nitrogen and oxygen atoms in total. The van der Waals surface area contributed by atoms with Crippen molar-refractivity contribution in [3.63, 3.8) is 0 Å². The Labute approximate surface area is 164 Å². The number of carbonyl (C=O) groups excluding carboxylic acids is 1. The predicted octanol–water partition coefficient (Wildman–Crippen LogP) is 4.50. The summed E-state index contributed by atoms with van der Waals surface area (Å²) in [4.78, 5) is 17.7. The maximum atomic E-state index is 12.9. The zero-order chi connectivity index (χ0) is 19.7. The average molecular weight is 373 g/mol. The molecule has 0 aliphatic carbocycles. The fourth-order valence-electron chi connectivity index (χ4n) is 3.59. The van der Waals surface area contributed by atoms with Gasteiger partial charge in [-0.05, 0) is 37.6 Å². The second-order valence-electron chi connectivity index (χ2n) is 7.04. The van der Waals surface area contributed by atoms with Gasteiger partial charge in [-0.2, -0.15) is 0 Å². The van der Waals surface area contributed by atoms with Gasteiger partial charge in [0.05, 0.1) is 22.6 Å². The van der Waals surface area contributed by atoms with E-state index in [1.165, 1.54) is 0 Å². The molecule has 2 aromatic carbocycles. The number of imidazole rings is 1. The largest absolute Gasteiger partial charge is 0.466 e. The Bertz CT molecular complexity index is 1130. The molecule has 0 radical (unpaired) electrons. The number of benzene rings is 2. The van der Waals surface area contributed by atoms with E-state index < -0.39 is 0 Å². The van der Waals surface area contributed by atoms with Gasteiger partial charge in [0.2, 0.25) is 0 Å². The van der Waals surface area contributed by atoms with Gasteiger partial charge in [0.25, 0.3) is 5.91 Å². The lowest BCUT2D eigenvalue weighted by atomic mass is 10.0. The Morgan fingerprint density at radius 3 is 2.50 bits per heavy atom. The highest BCUT2D eigenvalue weighted by atomic mass is 16.3. The topological polar surface area (TPSA) is 60.1 Å². The number of nitrogens with zero attached hydrogens (tertiary/aromatic N) is 2. The number of hydrogen-bond donors (Lipinski definition) is 1. The van der Waals surface area contributed by atoms with E-state index in [1.807, 2.05) is 69.4 Å². The number of aromatic nitrogens is 2. The fourth-order valence-corrected chi connectivity index (χ4v) is 3.59. The number of hydrogen-bond acceptors (Lipinski definition) is 3. The first-order chi connectivity index (χ1) is 13.5. The maximum Gasteiger partial charge on any atom is 0.255 e. The van der Waals surface area contributed by atoms with Gasteiger partial charge < -0.3 is 14.3 Å². The molecule has 28 heavy (non-hydrogen) atoms. The van der Waals surface area contributed by atoms with Crippen molar-refractivity contribution in [2.45, 2.75) is 26.3 Å². The van der Waals surface area contributed by atoms with Crippen molar-refractivity contribution in [1.82, 2.24) is 14.9 Å². The second-order valence-corrected chi connectivity index (χ2v) is 7.04. The van der Waals surface area contributed by atoms with Crippen molar-refractivity contribution in [2.24, 2.45) is 7.05 Å². The summed E-state index contributed by atoms with van der Waals surface area (Å²) in [6.45, 7) is 3.66. The number of furan rings is 1. The van der Waals surface area contributed by atoms with E-state index in [9.17, 15) is 4.79 Å². The van der Waals surface area contributed by atoms with Crippen LogP contribution in [0.25, 0.3) is 11.0 Å². The van der Waals surface area contributed by atoms with Gasteiger partial charge in [0.1, 0.15) is 17.3 Å². The van der Waals surface area contributed by atoms with Crippen LogP contribution >= 0.6 is 0 Å². The number of aryl methyl sites for hydroxylation is 3. The smallest absolute Gasteiger partial charge is 0.255 e. The van der Waals surface area contributed by atoms with Crippen LogP contribution in [-0.4, -0.2) is 15.5 Å². The number of carbonyl (C=O) groups is 1. The molecule has 4 rings (SSSR count). The molecule has 1 amide bonds. The monoisotopic (exact) mass is 373 g/mol. The zero-order valence-corrected chi connectivity index (χ0v) is 16.3. The van der Waals surface area contributed by atoms with Crippen LogP contribution in [0.2, 0.25) is 0 Å². The summed E-state index contributed by atoms with van der Waals surface area (Å²) in [7, 11) is 2.01. The van der Waals surface area contributed by atoms with Crippen molar-refractivity contribution < 1.29 is 9.21 Å². The van der Waals surface area contributed by atoms with Gasteiger partial charge in [0.15, 0.2) is 0 Å². The normalized spacial score (nSPS) is 12.2. The summed E-state index contributed by atoms with van der Waals surface area (Å²) in [5.74, 6) is 2.15. The van der Waals surface area contributed by atoms with Crippen LogP contribution in [0.15, 0.2) is 65.1 Å². The minimum Gasteiger partial charge on any atom is -0.466 e. The van der Waals surface area contributed by atoms with Crippen molar-refractivity contribution in [3.8, 4) is 0 Å². The Morgan fingerprint density at radius 1 is 1.11 bits per heavy atom. The van der Waals surface area contributed by atoms with Crippen molar-refractivity contribution in [2.75, 3.05) is 0 Å². The number of para-hydroxylation sites is 2. The summed E-state index contributed by atoms with van der Waals surface area (Å²) >= 11 is 0. The quantitative estimate of drug-likeness (QED) is 0.560. The van der Waals surface area contributed by atoms with Crippen LogP contribution in [-0.2, 0) is 13.5 Å². The highest BCUT2D eigenvalue weighted by Crippen LogP contribution is 2.23. The highest BCUT2D eigenvalue weighted by molar-refractivity contribution is 5.95. The molecule has 5 heteroatoms. The van der Waals surface area contributed by atoms with E-state index >= 15 is 0 Å². The van der Waals surface area contributed by atoms with Crippen LogP contribution in [0, 0.1) is 13.8 Å². The van der Waals surface area contributed by atoms with E-state index in [4.69, 9.17) is 9.40 Å². The van der Waals surface area contributed by atoms with Crippen LogP contribution < -0.4 is 5.32 Å². The molecular weight excluding hydrogens is 350 g/mol. The van der Waals surface area contributed by atoms with Crippen LogP contribution in [0.1, 0.15) is 39.3 Å². The summed E-state index contributed by atoms with van der Waals surface area (Å²) < 4.78 is 7.61. The Kier molecular flexibility index (Phi) is 4.74. The molecule has 0 aliphatic rings. The molecule has 2 heterocycles. The van der Waals surface area contributed by atoms with Crippen molar-refractivity contribution in [3.05, 3.63) is 89.1 Å². The third-order valence-electron chi connectivity index (χ3n) is 5.06. The van der Waals surface area contributed by atoms with Gasteiger partial charge >= 0.3 is 0 Å². The van der Waals surface area contributed by atoms with Crippen LogP contribution in [0.5, 0.6) is 0 Å². The van der Waals surface area contributed by atoms with Crippen molar-refractivity contribution >= 4 is 16.9 Å². The first kappa shape index (κ1) is 18.0. The van der Waals surface area contributed by atoms with Gasteiger partial charge in [-0.15, -0.1) is 0 Å². The van der Waals surface area contributed by atoms with E-state index in [-0.39, 0.29) is 11.9 Å². The van der Waals surface area contributed by atoms with E-state index in [1.54, 1.807) is 6.07 Å². The summed E-state index contributed by atoms with van der Waals surface area (Å²) in [6, 6.07) is 19.6. The lowest BCUT2D eigenvalue weighted by Gasteiger charge is -2.19. The molecule has 0 spiro atoms. The van der Waals surface area contributed by atoms with Gasteiger partial charge in [0, 0.05) is 13.5 Å². The first-order valence-corrected chi connectivity index (χ1v) is 9.36. The number of fused-ring (bicyclic) bond motifs is 1. The molecule has 2 aromatic heterocycles. The average Bonchev–Trinajstić information content (AvgIpc) is 3.21. The minimum atomic E-state index is -0.196. The lowest BCUT2D eigenvalue weighted by molar-refractivity contribution is 0.0934. The SMILES string of the molecule is Cc1cc(C(=O)N[C@H](Cc2nc3ccccc3n2C)c2ccccc2)c(C)o1. The Morgan fingerprint density at radius 2 is 1.82 bits per heavy atom. The molecule has 0 saturated carbocycles. The number of nitrogens with one attached hydrogen (secondary N) is 1. The standard InChI is InChI=1S/C23H23N3O2/c1-15-13-18(16(2)28-15)23(27)25-20(17-9-5-4-6-10-17)14-22-24-19-11-7-8-12-21(19)26(22)3/h4-13,20H,14H2,1-3H3,(H,25,27)/t20-/m1/s1. The second kappa shape index (κ2) is 7.35. The Balaban J connectivity index is 1.67. The van der Waals surface area contributed by atoms with E-state index in [0.29, 0.717) is 17.7 Å². The predicted molar refractivity (Wildman–Crippen MR) is 109 cm³/mol.